The number of aromatic nitrogens is 2. The number of nitrogens with zero attached hydrogens (tertiary/aromatic N) is 4. The number of nitrogen functional groups attached to an aromatic ring is 1. The van der Waals surface area contributed by atoms with E-state index in [2.05, 4.69) is 33.1 Å². The number of hydrogen-bond donors (Lipinski definition) is 2. The molecule has 0 saturated carbocycles. The van der Waals surface area contributed by atoms with E-state index in [0.717, 1.165) is 45.4 Å². The maximum atomic E-state index is 14.2. The van der Waals surface area contributed by atoms with Crippen LogP contribution < -0.4 is 11.1 Å². The van der Waals surface area contributed by atoms with Gasteiger partial charge in [0, 0.05) is 25.0 Å². The lowest BCUT2D eigenvalue weighted by atomic mass is 9.95. The van der Waals surface area contributed by atoms with Crippen LogP contribution in [0.4, 0.5) is 10.3 Å². The van der Waals surface area contributed by atoms with Gasteiger partial charge in [0.15, 0.2) is 0 Å². The zero-order chi connectivity index (χ0) is 23.7. The molecule has 34 heavy (non-hydrogen) atoms. The van der Waals surface area contributed by atoms with E-state index in [1.165, 1.54) is 11.6 Å². The number of likely N-dealkylation sites (N-methyl/N-ethyl adjacent to an activating group) is 1. The zero-order valence-corrected chi connectivity index (χ0v) is 19.1. The van der Waals surface area contributed by atoms with E-state index in [9.17, 15) is 9.50 Å². The maximum absolute atomic E-state index is 14.2. The molecule has 1 aromatic heterocycles. The van der Waals surface area contributed by atoms with Crippen molar-refractivity contribution in [3.05, 3.63) is 88.9 Å². The second-order valence-electron chi connectivity index (χ2n) is 8.53. The second kappa shape index (κ2) is 9.46. The normalized spacial score (nSPS) is 15.2. The van der Waals surface area contributed by atoms with Gasteiger partial charge in [-0.15, -0.1) is 0 Å². The largest absolute Gasteiger partial charge is 0.395 e. The molecule has 2 heterocycles. The number of fused-ring (bicyclic) bond motifs is 2. The van der Waals surface area contributed by atoms with E-state index in [1.54, 1.807) is 6.07 Å². The summed E-state index contributed by atoms with van der Waals surface area (Å²) in [6, 6.07) is 18.9. The predicted octanol–water partition coefficient (Wildman–Crippen LogP) is 4.04. The van der Waals surface area contributed by atoms with Gasteiger partial charge >= 0.3 is 0 Å². The molecule has 0 bridgehead atoms. The smallest absolute Gasteiger partial charge is 0.220 e. The van der Waals surface area contributed by atoms with Crippen molar-refractivity contribution in [2.24, 2.45) is 0 Å². The van der Waals surface area contributed by atoms with Gasteiger partial charge in [-0.3, -0.25) is 4.90 Å². The highest BCUT2D eigenvalue weighted by Crippen LogP contribution is 2.36. The molecular weight excluding hydrogens is 429 g/mol. The first-order valence-corrected chi connectivity index (χ1v) is 11.5. The molecule has 173 valence electrons. The molecule has 1 atom stereocenters. The van der Waals surface area contributed by atoms with E-state index in [-0.39, 0.29) is 24.4 Å². The van der Waals surface area contributed by atoms with Gasteiger partial charge in [0.05, 0.1) is 23.9 Å². The Bertz CT molecular complexity index is 1340. The Morgan fingerprint density at radius 2 is 1.94 bits per heavy atom. The van der Waals surface area contributed by atoms with Crippen molar-refractivity contribution in [2.75, 3.05) is 25.4 Å². The third-order valence-corrected chi connectivity index (χ3v) is 6.43. The molecular formula is C27H27FN5O. The lowest BCUT2D eigenvalue weighted by Crippen LogP contribution is -2.26. The standard InChI is InChI=1S/C27H27FN5O/c1-2-33(11-12-34)16-19-13-20(28)8-9-21(19)17-7-10-24-23(14-17)26(32-27(29)31-24)25-22-6-4-3-5-18(22)15-30-25/h3-10,13-14,25,34H,2,11-12,15-16H2,1H3,(H2,29,31,32). The number of benzene rings is 3. The third-order valence-electron chi connectivity index (χ3n) is 6.43. The second-order valence-corrected chi connectivity index (χ2v) is 8.53. The van der Waals surface area contributed by atoms with Gasteiger partial charge in [-0.1, -0.05) is 43.3 Å². The van der Waals surface area contributed by atoms with Crippen LogP contribution in [0.15, 0.2) is 60.7 Å². The minimum Gasteiger partial charge on any atom is -0.395 e. The molecule has 0 spiro atoms. The van der Waals surface area contributed by atoms with Gasteiger partial charge in [-0.05, 0) is 58.6 Å². The highest BCUT2D eigenvalue weighted by molar-refractivity contribution is 5.88. The first-order chi connectivity index (χ1) is 16.6. The monoisotopic (exact) mass is 456 g/mol. The lowest BCUT2D eigenvalue weighted by Gasteiger charge is -2.21. The van der Waals surface area contributed by atoms with Crippen molar-refractivity contribution in [1.29, 1.82) is 0 Å². The third kappa shape index (κ3) is 4.25. The summed E-state index contributed by atoms with van der Waals surface area (Å²) in [4.78, 5) is 11.2. The topological polar surface area (TPSA) is 89.4 Å². The Labute approximate surface area is 198 Å². The summed E-state index contributed by atoms with van der Waals surface area (Å²) in [6.07, 6.45) is 0. The highest BCUT2D eigenvalue weighted by atomic mass is 19.1. The molecule has 4 aromatic rings. The van der Waals surface area contributed by atoms with Gasteiger partial charge < -0.3 is 10.8 Å². The Morgan fingerprint density at radius 3 is 2.76 bits per heavy atom. The predicted molar refractivity (Wildman–Crippen MR) is 132 cm³/mol. The van der Waals surface area contributed by atoms with Gasteiger partial charge in [0.25, 0.3) is 0 Å². The molecule has 6 nitrogen and oxygen atoms in total. The van der Waals surface area contributed by atoms with Crippen molar-refractivity contribution in [1.82, 2.24) is 20.2 Å². The van der Waals surface area contributed by atoms with Crippen molar-refractivity contribution < 1.29 is 9.50 Å². The Hall–Kier alpha value is -3.39. The molecule has 1 aliphatic rings. The fourth-order valence-corrected chi connectivity index (χ4v) is 4.72. The fraction of sp³-hybridized carbons (Fsp3) is 0.259. The Morgan fingerprint density at radius 1 is 1.09 bits per heavy atom. The van der Waals surface area contributed by atoms with Gasteiger partial charge in [-0.2, -0.15) is 0 Å². The summed E-state index contributed by atoms with van der Waals surface area (Å²) in [5.74, 6) is -0.0577. The van der Waals surface area contributed by atoms with Crippen LogP contribution in [0.5, 0.6) is 0 Å². The number of hydrogen-bond acceptors (Lipinski definition) is 5. The zero-order valence-electron chi connectivity index (χ0n) is 19.1. The number of rotatable bonds is 7. The first kappa shape index (κ1) is 22.4. The van der Waals surface area contributed by atoms with Crippen molar-refractivity contribution in [2.45, 2.75) is 26.1 Å². The summed E-state index contributed by atoms with van der Waals surface area (Å²) in [5.41, 5.74) is 12.7. The molecule has 1 radical (unpaired) electrons. The number of aliphatic hydroxyl groups is 1. The molecule has 1 unspecified atom stereocenters. The summed E-state index contributed by atoms with van der Waals surface area (Å²) in [5, 5.41) is 15.1. The molecule has 3 aromatic carbocycles. The summed E-state index contributed by atoms with van der Waals surface area (Å²) in [7, 11) is 0. The van der Waals surface area contributed by atoms with Crippen LogP contribution in [0.3, 0.4) is 0 Å². The van der Waals surface area contributed by atoms with Crippen LogP contribution >= 0.6 is 0 Å². The number of nitrogens with two attached hydrogens (primary N) is 1. The average Bonchev–Trinajstić information content (AvgIpc) is 3.27. The van der Waals surface area contributed by atoms with Crippen LogP contribution in [0.25, 0.3) is 22.0 Å². The number of halogens is 1. The van der Waals surface area contributed by atoms with Crippen molar-refractivity contribution >= 4 is 16.9 Å². The van der Waals surface area contributed by atoms with Gasteiger partial charge in [0.2, 0.25) is 5.95 Å². The van der Waals surface area contributed by atoms with Crippen LogP contribution in [0.2, 0.25) is 0 Å². The van der Waals surface area contributed by atoms with E-state index in [4.69, 9.17) is 11.1 Å². The molecule has 5 rings (SSSR count). The van der Waals surface area contributed by atoms with Crippen LogP contribution in [0, 0.1) is 5.82 Å². The van der Waals surface area contributed by atoms with Crippen molar-refractivity contribution in [3.8, 4) is 11.1 Å². The Kier molecular flexibility index (Phi) is 6.24. The quantitative estimate of drug-likeness (QED) is 0.438. The molecule has 0 amide bonds. The highest BCUT2D eigenvalue weighted by Gasteiger charge is 2.28. The molecule has 1 aliphatic heterocycles. The molecule has 7 heteroatoms. The molecule has 0 aliphatic carbocycles. The first-order valence-electron chi connectivity index (χ1n) is 11.5. The van der Waals surface area contributed by atoms with Gasteiger partial charge in [-0.25, -0.2) is 19.7 Å². The molecule has 0 fully saturated rings. The van der Waals surface area contributed by atoms with E-state index in [1.807, 2.05) is 37.3 Å². The van der Waals surface area contributed by atoms with Crippen LogP contribution in [-0.4, -0.2) is 39.7 Å². The summed E-state index contributed by atoms with van der Waals surface area (Å²) in [6.45, 7) is 4.56. The maximum Gasteiger partial charge on any atom is 0.220 e. The number of anilines is 1. The van der Waals surface area contributed by atoms with E-state index >= 15 is 0 Å². The fourth-order valence-electron chi connectivity index (χ4n) is 4.72. The van der Waals surface area contributed by atoms with Crippen molar-refractivity contribution in [3.63, 3.8) is 0 Å². The molecule has 3 N–H and O–H groups in total. The Balaban J connectivity index is 1.62. The lowest BCUT2D eigenvalue weighted by molar-refractivity contribution is 0.197. The minimum absolute atomic E-state index is 0.0585. The van der Waals surface area contributed by atoms with E-state index < -0.39 is 0 Å². The summed E-state index contributed by atoms with van der Waals surface area (Å²) >= 11 is 0. The van der Waals surface area contributed by atoms with Crippen LogP contribution in [0.1, 0.15) is 35.3 Å². The van der Waals surface area contributed by atoms with Gasteiger partial charge in [0.1, 0.15) is 5.82 Å². The summed E-state index contributed by atoms with van der Waals surface area (Å²) < 4.78 is 14.2. The van der Waals surface area contributed by atoms with E-state index in [0.29, 0.717) is 19.6 Å². The van der Waals surface area contributed by atoms with Crippen LogP contribution in [-0.2, 0) is 13.1 Å². The number of aliphatic hydroxyl groups excluding tert-OH is 1. The average molecular weight is 457 g/mol. The SMILES string of the molecule is CCN(CCO)Cc1cc(F)ccc1-c1ccc2nc(N)nc(C3[N]Cc4ccccc43)c2c1. The molecule has 0 saturated heterocycles. The minimum atomic E-state index is -0.280.